The molecule has 0 spiro atoms. The molecule has 0 radical (unpaired) electrons. The summed E-state index contributed by atoms with van der Waals surface area (Å²) >= 11 is 1.24. The zero-order valence-corrected chi connectivity index (χ0v) is 28.2. The molecule has 11 heteroatoms. The van der Waals surface area contributed by atoms with Gasteiger partial charge in [-0.15, -0.1) is 0 Å². The number of carbonyl (C=O) groups is 2. The fraction of sp³-hybridized carbons (Fsp3) is 0.121. The Kier molecular flexibility index (Phi) is 11.2. The van der Waals surface area contributed by atoms with E-state index in [1.807, 2.05) is 68.5 Å². The van der Waals surface area contributed by atoms with Crippen molar-refractivity contribution in [2.24, 2.45) is 4.99 Å². The van der Waals surface area contributed by atoms with Crippen molar-refractivity contribution in [3.05, 3.63) is 119 Å². The van der Waals surface area contributed by atoms with Crippen molar-refractivity contribution in [1.82, 2.24) is 10.0 Å². The number of hydrogen-bond acceptors (Lipinski definition) is 7. The summed E-state index contributed by atoms with van der Waals surface area (Å²) in [6.07, 6.45) is 1.70. The van der Waals surface area contributed by atoms with Crippen LogP contribution in [0.15, 0.2) is 112 Å². The topological polar surface area (TPSA) is 114 Å². The number of nitrogens with one attached hydrogen (secondary N) is 2. The van der Waals surface area contributed by atoms with Gasteiger partial charge < -0.3 is 11.5 Å². The molecule has 220 valence electrons. The molecular formula is C33H30N3NaO5S2. The Labute approximate surface area is 284 Å². The second kappa shape index (κ2) is 14.9. The van der Waals surface area contributed by atoms with Gasteiger partial charge in [-0.05, 0) is 90.3 Å². The van der Waals surface area contributed by atoms with E-state index in [0.717, 1.165) is 28.0 Å². The van der Waals surface area contributed by atoms with E-state index in [1.54, 1.807) is 36.4 Å². The van der Waals surface area contributed by atoms with Crippen LogP contribution in [-0.2, 0) is 26.0 Å². The number of benzene rings is 4. The second-order valence-corrected chi connectivity index (χ2v) is 12.5. The fourth-order valence-electron chi connectivity index (χ4n) is 4.27. The van der Waals surface area contributed by atoms with Crippen molar-refractivity contribution in [3.8, 4) is 16.9 Å². The molecule has 1 aliphatic rings. The van der Waals surface area contributed by atoms with Crippen LogP contribution in [0.2, 0.25) is 0 Å². The summed E-state index contributed by atoms with van der Waals surface area (Å²) in [5.41, 5.74) is 5.15. The number of sulfonamides is 1. The number of thioether (sulfide) groups is 1. The average Bonchev–Trinajstić information content (AvgIpc) is 3.33. The van der Waals surface area contributed by atoms with E-state index in [2.05, 4.69) is 15.0 Å². The molecule has 0 aromatic heterocycles. The third-order valence-electron chi connectivity index (χ3n) is 6.47. The number of carbonyl (C=O) groups excluding carboxylic acids is 2. The Morgan fingerprint density at radius 3 is 2.16 bits per heavy atom. The number of amides is 2. The first kappa shape index (κ1) is 33.2. The molecule has 44 heavy (non-hydrogen) atoms. The zero-order valence-electron chi connectivity index (χ0n) is 25.5. The van der Waals surface area contributed by atoms with Crippen molar-refractivity contribution < 1.29 is 53.7 Å². The van der Waals surface area contributed by atoms with Crippen LogP contribution in [0, 0.1) is 6.92 Å². The molecule has 1 saturated heterocycles. The van der Waals surface area contributed by atoms with Gasteiger partial charge in [0.2, 0.25) is 5.91 Å². The predicted octanol–water partition coefficient (Wildman–Crippen LogP) is 3.12. The van der Waals surface area contributed by atoms with Crippen LogP contribution < -0.4 is 44.3 Å². The van der Waals surface area contributed by atoms with E-state index >= 15 is 0 Å². The van der Waals surface area contributed by atoms with Crippen molar-refractivity contribution >= 4 is 50.5 Å². The summed E-state index contributed by atoms with van der Waals surface area (Å²) in [4.78, 5) is 30.0. The maximum absolute atomic E-state index is 12.6. The normalized spacial score (nSPS) is 14.6. The molecule has 0 aliphatic carbocycles. The standard InChI is InChI=1S/C33H29N3O5S2.Na.H/c1-3-41-28-16-12-26(13-17-28)25-10-6-23(7-11-25)20-30-32(38)35-33(42-30)34-27-14-8-24(9-15-27)21-31(37)36-43(39,40)29-18-4-22(2)5-19-29;;/h4-20H,3,21H2,1-2H3,(H,36,37)(H,34,35,38);;/q;+1;-1/b30-20+;;. The number of hydrogen-bond donors (Lipinski definition) is 2. The minimum absolute atomic E-state index is 0. The summed E-state index contributed by atoms with van der Waals surface area (Å²) in [5, 5.41) is 3.22. The van der Waals surface area contributed by atoms with E-state index in [0.29, 0.717) is 27.9 Å². The van der Waals surface area contributed by atoms with Crippen LogP contribution in [0.1, 0.15) is 25.0 Å². The molecule has 1 fully saturated rings. The molecule has 1 heterocycles. The van der Waals surface area contributed by atoms with Gasteiger partial charge in [0.05, 0.1) is 28.5 Å². The van der Waals surface area contributed by atoms with Crippen LogP contribution in [0.25, 0.3) is 17.2 Å². The first-order valence-corrected chi connectivity index (χ1v) is 15.8. The maximum atomic E-state index is 12.6. The number of ether oxygens (including phenoxy) is 1. The zero-order chi connectivity index (χ0) is 30.4. The molecule has 5 rings (SSSR count). The first-order valence-electron chi connectivity index (χ1n) is 13.5. The Morgan fingerprint density at radius 1 is 0.932 bits per heavy atom. The molecule has 0 unspecified atom stereocenters. The summed E-state index contributed by atoms with van der Waals surface area (Å²) in [7, 11) is -3.95. The van der Waals surface area contributed by atoms with Gasteiger partial charge in [-0.1, -0.05) is 66.2 Å². The molecular weight excluding hydrogens is 606 g/mol. The smallest absolute Gasteiger partial charge is 1.00 e. The molecule has 4 aromatic rings. The van der Waals surface area contributed by atoms with Gasteiger partial charge in [0.15, 0.2) is 5.17 Å². The van der Waals surface area contributed by atoms with Crippen molar-refractivity contribution in [2.45, 2.75) is 25.2 Å². The van der Waals surface area contributed by atoms with Gasteiger partial charge in [0.1, 0.15) is 5.75 Å². The summed E-state index contributed by atoms with van der Waals surface area (Å²) in [6.45, 7) is 4.43. The van der Waals surface area contributed by atoms with E-state index in [-0.39, 0.29) is 48.2 Å². The predicted molar refractivity (Wildman–Crippen MR) is 172 cm³/mol. The number of aliphatic imine (C=N–C) groups is 1. The summed E-state index contributed by atoms with van der Waals surface area (Å²) < 4.78 is 32.5. The maximum Gasteiger partial charge on any atom is 1.00 e. The molecule has 0 bridgehead atoms. The van der Waals surface area contributed by atoms with Gasteiger partial charge >= 0.3 is 29.6 Å². The Bertz CT molecular complexity index is 1810. The Morgan fingerprint density at radius 2 is 1.55 bits per heavy atom. The third-order valence-corrected chi connectivity index (χ3v) is 8.77. The largest absolute Gasteiger partial charge is 1.00 e. The minimum Gasteiger partial charge on any atom is -1.00 e. The third kappa shape index (κ3) is 8.71. The summed E-state index contributed by atoms with van der Waals surface area (Å²) in [5.74, 6) is -0.0390. The van der Waals surface area contributed by atoms with Crippen molar-refractivity contribution in [2.75, 3.05) is 6.61 Å². The molecule has 8 nitrogen and oxygen atoms in total. The van der Waals surface area contributed by atoms with Crippen LogP contribution in [-0.4, -0.2) is 32.0 Å². The molecule has 0 atom stereocenters. The SMILES string of the molecule is CCOc1ccc(-c2ccc(/C=C3/SC(=Nc4ccc(CC(=O)NS(=O)(=O)c5ccc(C)cc5)cc4)NC3=O)cc2)cc1.[H-].[Na+]. The fourth-order valence-corrected chi connectivity index (χ4v) is 6.09. The minimum atomic E-state index is -3.95. The van der Waals surface area contributed by atoms with Crippen LogP contribution in [0.3, 0.4) is 0 Å². The number of amidine groups is 1. The van der Waals surface area contributed by atoms with E-state index in [4.69, 9.17) is 4.74 Å². The molecule has 0 saturated carbocycles. The van der Waals surface area contributed by atoms with Crippen LogP contribution in [0.4, 0.5) is 5.69 Å². The average molecular weight is 636 g/mol. The van der Waals surface area contributed by atoms with Gasteiger partial charge in [-0.25, -0.2) is 18.1 Å². The first-order chi connectivity index (χ1) is 20.7. The molecule has 2 amide bonds. The Balaban J connectivity index is 0.00000276. The van der Waals surface area contributed by atoms with Gasteiger partial charge in [-0.2, -0.15) is 0 Å². The van der Waals surface area contributed by atoms with Crippen LogP contribution in [0.5, 0.6) is 5.75 Å². The molecule has 4 aromatic carbocycles. The number of aryl methyl sites for hydroxylation is 1. The summed E-state index contributed by atoms with van der Waals surface area (Å²) in [6, 6.07) is 28.9. The number of rotatable bonds is 9. The van der Waals surface area contributed by atoms with Crippen molar-refractivity contribution in [3.63, 3.8) is 0 Å². The van der Waals surface area contributed by atoms with Gasteiger partial charge in [-0.3, -0.25) is 9.59 Å². The second-order valence-electron chi connectivity index (χ2n) is 9.75. The van der Waals surface area contributed by atoms with Gasteiger partial charge in [0.25, 0.3) is 15.9 Å². The van der Waals surface area contributed by atoms with Crippen molar-refractivity contribution in [1.29, 1.82) is 0 Å². The molecule has 1 aliphatic heterocycles. The van der Waals surface area contributed by atoms with Gasteiger partial charge in [0, 0.05) is 0 Å². The Hall–Kier alpha value is -3.67. The number of nitrogens with zero attached hydrogens (tertiary/aromatic N) is 1. The van der Waals surface area contributed by atoms with Crippen LogP contribution >= 0.6 is 11.8 Å². The van der Waals surface area contributed by atoms with E-state index in [9.17, 15) is 18.0 Å². The quantitative estimate of drug-likeness (QED) is 0.216. The monoisotopic (exact) mass is 635 g/mol. The van der Waals surface area contributed by atoms with E-state index < -0.39 is 15.9 Å². The van der Waals surface area contributed by atoms with E-state index in [1.165, 1.54) is 23.9 Å². The molecule has 2 N–H and O–H groups in total.